The predicted molar refractivity (Wildman–Crippen MR) is 237 cm³/mol. The maximum absolute atomic E-state index is 12.3. The fraction of sp³-hybridized carbons (Fsp3) is 0.522. The van der Waals surface area contributed by atoms with Crippen LogP contribution in [0, 0.1) is 27.7 Å². The number of hydrogen-bond donors (Lipinski definition) is 2. The summed E-state index contributed by atoms with van der Waals surface area (Å²) in [5.74, 6) is 3.72. The molecule has 3 fully saturated rings. The van der Waals surface area contributed by atoms with Crippen molar-refractivity contribution in [3.8, 4) is 0 Å². The molecule has 14 heteroatoms. The van der Waals surface area contributed by atoms with Crippen molar-refractivity contribution in [3.63, 3.8) is 0 Å². The van der Waals surface area contributed by atoms with E-state index in [4.69, 9.17) is 9.47 Å². The minimum atomic E-state index is -0.263. The molecule has 2 aromatic heterocycles. The van der Waals surface area contributed by atoms with Gasteiger partial charge in [-0.15, -0.1) is 0 Å². The number of piperidine rings is 3. The highest BCUT2D eigenvalue weighted by Gasteiger charge is 2.27. The van der Waals surface area contributed by atoms with Crippen LogP contribution < -0.4 is 20.4 Å². The SMILES string of the molecule is CN(C(=O)OCc1ccccc1)C1CCNCC1.CNC1CCN(c2cc(C)nc(C)n2)CC1.Cc1cc(N2CCC(N(C)C(=O)OCc3ccccc3)CC2)nc(C)n1. The van der Waals surface area contributed by atoms with Gasteiger partial charge in [0.05, 0.1) is 0 Å². The van der Waals surface area contributed by atoms with Gasteiger partial charge >= 0.3 is 12.2 Å². The highest BCUT2D eigenvalue weighted by Crippen LogP contribution is 2.22. The van der Waals surface area contributed by atoms with Crippen molar-refractivity contribution in [1.82, 2.24) is 40.4 Å². The van der Waals surface area contributed by atoms with Gasteiger partial charge in [0.15, 0.2) is 0 Å². The van der Waals surface area contributed by atoms with Crippen LogP contribution in [0.4, 0.5) is 21.2 Å². The largest absolute Gasteiger partial charge is 0.445 e. The molecule has 0 spiro atoms. The molecular formula is C46H66N10O4. The van der Waals surface area contributed by atoms with Gasteiger partial charge in [0.1, 0.15) is 36.5 Å². The lowest BCUT2D eigenvalue weighted by Gasteiger charge is -2.36. The molecule has 3 aliphatic heterocycles. The third-order valence-electron chi connectivity index (χ3n) is 11.3. The monoisotopic (exact) mass is 823 g/mol. The van der Waals surface area contributed by atoms with Crippen LogP contribution in [0.2, 0.25) is 0 Å². The van der Waals surface area contributed by atoms with Crippen molar-refractivity contribution in [3.05, 3.63) is 107 Å². The summed E-state index contributed by atoms with van der Waals surface area (Å²) in [7, 11) is 5.69. The Bertz CT molecular complexity index is 1860. The Balaban J connectivity index is 0.000000177. The van der Waals surface area contributed by atoms with Crippen LogP contribution in [-0.4, -0.2) is 120 Å². The van der Waals surface area contributed by atoms with Crippen LogP contribution in [0.1, 0.15) is 72.7 Å². The maximum Gasteiger partial charge on any atom is 0.410 e. The van der Waals surface area contributed by atoms with Crippen molar-refractivity contribution < 1.29 is 19.1 Å². The van der Waals surface area contributed by atoms with Crippen molar-refractivity contribution in [2.45, 2.75) is 97.6 Å². The van der Waals surface area contributed by atoms with Crippen LogP contribution in [0.25, 0.3) is 0 Å². The summed E-state index contributed by atoms with van der Waals surface area (Å²) in [4.78, 5) is 50.0. The van der Waals surface area contributed by atoms with Gasteiger partial charge in [-0.1, -0.05) is 60.7 Å². The fourth-order valence-corrected chi connectivity index (χ4v) is 7.73. The molecule has 3 aliphatic rings. The van der Waals surface area contributed by atoms with E-state index in [-0.39, 0.29) is 18.2 Å². The number of aromatic nitrogens is 4. The molecule has 2 amide bonds. The smallest absolute Gasteiger partial charge is 0.410 e. The molecule has 14 nitrogen and oxygen atoms in total. The highest BCUT2D eigenvalue weighted by molar-refractivity contribution is 5.68. The topological polar surface area (TPSA) is 141 Å². The van der Waals surface area contributed by atoms with Crippen LogP contribution in [0.5, 0.6) is 0 Å². The predicted octanol–water partition coefficient (Wildman–Crippen LogP) is 6.62. The van der Waals surface area contributed by atoms with Gasteiger partial charge in [0.25, 0.3) is 0 Å². The summed E-state index contributed by atoms with van der Waals surface area (Å²) in [6.45, 7) is 14.4. The Morgan fingerprint density at radius 3 is 1.43 bits per heavy atom. The first-order valence-electron chi connectivity index (χ1n) is 21.4. The Hall–Kier alpha value is -5.34. The number of rotatable bonds is 9. The second kappa shape index (κ2) is 23.4. The zero-order valence-electron chi connectivity index (χ0n) is 36.8. The maximum atomic E-state index is 12.3. The van der Waals surface area contributed by atoms with E-state index in [1.165, 1.54) is 12.8 Å². The van der Waals surface area contributed by atoms with Crippen molar-refractivity contribution in [2.24, 2.45) is 0 Å². The van der Waals surface area contributed by atoms with E-state index in [0.717, 1.165) is 111 Å². The molecule has 60 heavy (non-hydrogen) atoms. The molecule has 0 bridgehead atoms. The molecule has 5 heterocycles. The first-order valence-corrected chi connectivity index (χ1v) is 21.4. The second-order valence-electron chi connectivity index (χ2n) is 15.9. The van der Waals surface area contributed by atoms with E-state index in [1.807, 2.05) is 116 Å². The number of carbonyl (C=O) groups is 2. The molecule has 7 rings (SSSR count). The molecule has 324 valence electrons. The molecule has 2 N–H and O–H groups in total. The Morgan fingerprint density at radius 1 is 0.633 bits per heavy atom. The van der Waals surface area contributed by atoms with E-state index in [9.17, 15) is 9.59 Å². The molecule has 0 radical (unpaired) electrons. The molecule has 0 unspecified atom stereocenters. The average molecular weight is 823 g/mol. The standard InChI is InChI=1S/C20H26N4O2.C14H20N2O2.C12H20N4/c1-15-13-19(22-16(2)21-15)24-11-9-18(10-12-24)23(3)20(25)26-14-17-7-5-4-6-8-17;1-16(13-7-9-15-10-8-13)14(17)18-11-12-5-3-2-4-6-12;1-9-8-12(15-10(2)14-9)16-6-4-11(13-3)5-7-16/h4-8,13,18H,9-12,14H2,1-3H3;2-6,13,15H,7-11H2,1H3;8,11,13H,4-7H2,1-3H3. The molecule has 0 aliphatic carbocycles. The first kappa shape index (κ1) is 45.7. The lowest BCUT2D eigenvalue weighted by atomic mass is 10.0. The lowest BCUT2D eigenvalue weighted by molar-refractivity contribution is 0.0847. The number of benzene rings is 2. The minimum Gasteiger partial charge on any atom is -0.445 e. The van der Waals surface area contributed by atoms with Crippen LogP contribution >= 0.6 is 0 Å². The van der Waals surface area contributed by atoms with Crippen molar-refractivity contribution in [2.75, 3.05) is 70.2 Å². The van der Waals surface area contributed by atoms with Crippen molar-refractivity contribution >= 4 is 23.8 Å². The Kier molecular flexibility index (Phi) is 17.9. The molecule has 2 aromatic carbocycles. The molecule has 0 atom stereocenters. The first-order chi connectivity index (χ1) is 29.0. The van der Waals surface area contributed by atoms with Crippen molar-refractivity contribution in [1.29, 1.82) is 0 Å². The van der Waals surface area contributed by atoms with E-state index < -0.39 is 0 Å². The van der Waals surface area contributed by atoms with E-state index in [0.29, 0.717) is 25.3 Å². The third kappa shape index (κ3) is 14.4. The lowest BCUT2D eigenvalue weighted by Crippen LogP contribution is -2.46. The molecule has 0 saturated carbocycles. The number of anilines is 2. The van der Waals surface area contributed by atoms with Crippen LogP contribution in [0.15, 0.2) is 72.8 Å². The fourth-order valence-electron chi connectivity index (χ4n) is 7.73. The number of hydrogen-bond acceptors (Lipinski definition) is 12. The number of nitrogens with one attached hydrogen (secondary N) is 2. The zero-order valence-corrected chi connectivity index (χ0v) is 36.8. The van der Waals surface area contributed by atoms with E-state index in [2.05, 4.69) is 46.4 Å². The van der Waals surface area contributed by atoms with Gasteiger partial charge in [0, 0.05) is 81.9 Å². The second-order valence-corrected chi connectivity index (χ2v) is 15.9. The highest BCUT2D eigenvalue weighted by atomic mass is 16.6. The zero-order chi connectivity index (χ0) is 42.9. The Labute approximate surface area is 357 Å². The van der Waals surface area contributed by atoms with Gasteiger partial charge in [-0.25, -0.2) is 29.5 Å². The number of amides is 2. The minimum absolute atomic E-state index is 0.193. The summed E-state index contributed by atoms with van der Waals surface area (Å²) in [6.07, 6.45) is 5.69. The summed E-state index contributed by atoms with van der Waals surface area (Å²) < 4.78 is 10.7. The van der Waals surface area contributed by atoms with Gasteiger partial charge < -0.3 is 39.7 Å². The van der Waals surface area contributed by atoms with Gasteiger partial charge in [-0.2, -0.15) is 0 Å². The number of carbonyl (C=O) groups excluding carboxylic acids is 2. The number of aryl methyl sites for hydroxylation is 4. The van der Waals surface area contributed by atoms with Gasteiger partial charge in [-0.3, -0.25) is 0 Å². The van der Waals surface area contributed by atoms with E-state index in [1.54, 1.807) is 9.80 Å². The summed E-state index contributed by atoms with van der Waals surface area (Å²) >= 11 is 0. The summed E-state index contributed by atoms with van der Waals surface area (Å²) in [5.41, 5.74) is 4.05. The third-order valence-corrected chi connectivity index (χ3v) is 11.3. The normalized spacial score (nSPS) is 16.1. The number of ether oxygens (including phenoxy) is 2. The summed E-state index contributed by atoms with van der Waals surface area (Å²) in [6, 6.07) is 24.8. The molecule has 4 aromatic rings. The van der Waals surface area contributed by atoms with Crippen LogP contribution in [-0.2, 0) is 22.7 Å². The number of nitrogens with zero attached hydrogens (tertiary/aromatic N) is 8. The quantitative estimate of drug-likeness (QED) is 0.188. The summed E-state index contributed by atoms with van der Waals surface area (Å²) in [5, 5.41) is 6.63. The molecular weight excluding hydrogens is 757 g/mol. The van der Waals surface area contributed by atoms with Gasteiger partial charge in [0.2, 0.25) is 0 Å². The van der Waals surface area contributed by atoms with E-state index >= 15 is 0 Å². The average Bonchev–Trinajstić information content (AvgIpc) is 3.27. The van der Waals surface area contributed by atoms with Gasteiger partial charge in [-0.05, 0) is 97.5 Å². The van der Waals surface area contributed by atoms with Crippen LogP contribution in [0.3, 0.4) is 0 Å². The Morgan fingerprint density at radius 2 is 1.03 bits per heavy atom. The molecule has 3 saturated heterocycles.